The van der Waals surface area contributed by atoms with Gasteiger partial charge in [0, 0.05) is 11.6 Å². The molecule has 102 valence electrons. The van der Waals surface area contributed by atoms with E-state index in [0.29, 0.717) is 10.9 Å². The molecule has 2 atom stereocenters. The second kappa shape index (κ2) is 5.69. The standard InChI is InChI=1S/C13H14BrFN2O2/c14-9-5-4-7(6-10(9)15)13(19)17-11-3-1-2-8(11)12(16)18/h4-6,8,11H,1-3H2,(H2,16,18)(H,17,19)/t8-,11-/m0/s1. The van der Waals surface area contributed by atoms with Gasteiger partial charge in [-0.15, -0.1) is 0 Å². The van der Waals surface area contributed by atoms with Gasteiger partial charge < -0.3 is 11.1 Å². The molecule has 1 aliphatic carbocycles. The number of hydrogen-bond acceptors (Lipinski definition) is 2. The summed E-state index contributed by atoms with van der Waals surface area (Å²) in [6.07, 6.45) is 2.26. The van der Waals surface area contributed by atoms with Crippen LogP contribution in [-0.4, -0.2) is 17.9 Å². The number of hydrogen-bond donors (Lipinski definition) is 2. The number of amides is 2. The molecule has 1 aromatic carbocycles. The number of benzene rings is 1. The molecule has 2 rings (SSSR count). The Kier molecular flexibility index (Phi) is 4.19. The van der Waals surface area contributed by atoms with Crippen LogP contribution < -0.4 is 11.1 Å². The molecule has 1 fully saturated rings. The number of carbonyl (C=O) groups is 2. The van der Waals surface area contributed by atoms with Crippen molar-refractivity contribution in [2.45, 2.75) is 25.3 Å². The lowest BCUT2D eigenvalue weighted by Crippen LogP contribution is -2.42. The summed E-state index contributed by atoms with van der Waals surface area (Å²) in [6.45, 7) is 0. The minimum atomic E-state index is -0.495. The third-order valence-electron chi connectivity index (χ3n) is 3.38. The van der Waals surface area contributed by atoms with E-state index in [1.165, 1.54) is 12.1 Å². The molecule has 0 radical (unpaired) electrons. The molecular weight excluding hydrogens is 315 g/mol. The van der Waals surface area contributed by atoms with Crippen LogP contribution in [0.2, 0.25) is 0 Å². The lowest BCUT2D eigenvalue weighted by atomic mass is 10.0. The third kappa shape index (κ3) is 3.12. The molecule has 0 aromatic heterocycles. The van der Waals surface area contributed by atoms with Crippen molar-refractivity contribution in [2.75, 3.05) is 0 Å². The molecule has 0 saturated heterocycles. The molecule has 0 spiro atoms. The van der Waals surface area contributed by atoms with Crippen LogP contribution in [0.5, 0.6) is 0 Å². The molecule has 6 heteroatoms. The minimum absolute atomic E-state index is 0.232. The number of nitrogens with one attached hydrogen (secondary N) is 1. The molecule has 0 bridgehead atoms. The monoisotopic (exact) mass is 328 g/mol. The van der Waals surface area contributed by atoms with E-state index in [0.717, 1.165) is 18.9 Å². The fraction of sp³-hybridized carbons (Fsp3) is 0.385. The number of halogens is 2. The van der Waals surface area contributed by atoms with Crippen molar-refractivity contribution in [1.82, 2.24) is 5.32 Å². The zero-order chi connectivity index (χ0) is 14.0. The third-order valence-corrected chi connectivity index (χ3v) is 4.02. The van der Waals surface area contributed by atoms with Gasteiger partial charge in [0.25, 0.3) is 5.91 Å². The second-order valence-electron chi connectivity index (χ2n) is 4.65. The van der Waals surface area contributed by atoms with Gasteiger partial charge in [-0.1, -0.05) is 6.42 Å². The molecule has 4 nitrogen and oxygen atoms in total. The van der Waals surface area contributed by atoms with Crippen LogP contribution >= 0.6 is 15.9 Å². The quantitative estimate of drug-likeness (QED) is 0.890. The van der Waals surface area contributed by atoms with Gasteiger partial charge in [0.15, 0.2) is 0 Å². The topological polar surface area (TPSA) is 72.2 Å². The van der Waals surface area contributed by atoms with E-state index in [-0.39, 0.29) is 23.4 Å². The van der Waals surface area contributed by atoms with Crippen LogP contribution in [0.4, 0.5) is 4.39 Å². The number of carbonyl (C=O) groups excluding carboxylic acids is 2. The highest BCUT2D eigenvalue weighted by Crippen LogP contribution is 2.25. The van der Waals surface area contributed by atoms with Gasteiger partial charge in [-0.2, -0.15) is 0 Å². The van der Waals surface area contributed by atoms with E-state index in [1.54, 1.807) is 0 Å². The summed E-state index contributed by atoms with van der Waals surface area (Å²) < 4.78 is 13.7. The summed E-state index contributed by atoms with van der Waals surface area (Å²) in [4.78, 5) is 23.2. The highest BCUT2D eigenvalue weighted by atomic mass is 79.9. The minimum Gasteiger partial charge on any atom is -0.369 e. The smallest absolute Gasteiger partial charge is 0.251 e. The Bertz CT molecular complexity index is 521. The van der Waals surface area contributed by atoms with E-state index >= 15 is 0 Å². The van der Waals surface area contributed by atoms with E-state index in [1.807, 2.05) is 0 Å². The first-order valence-corrected chi connectivity index (χ1v) is 6.83. The summed E-state index contributed by atoms with van der Waals surface area (Å²) in [7, 11) is 0. The summed E-state index contributed by atoms with van der Waals surface area (Å²) in [5.74, 6) is -1.61. The van der Waals surface area contributed by atoms with Gasteiger partial charge in [-0.25, -0.2) is 4.39 Å². The van der Waals surface area contributed by atoms with Crippen molar-refractivity contribution in [2.24, 2.45) is 11.7 Å². The first kappa shape index (κ1) is 14.0. The molecule has 19 heavy (non-hydrogen) atoms. The van der Waals surface area contributed by atoms with Crippen LogP contribution in [0.1, 0.15) is 29.6 Å². The summed E-state index contributed by atoms with van der Waals surface area (Å²) in [6, 6.07) is 3.91. The van der Waals surface area contributed by atoms with Crippen molar-refractivity contribution in [3.05, 3.63) is 34.1 Å². The van der Waals surface area contributed by atoms with E-state index in [9.17, 15) is 14.0 Å². The van der Waals surface area contributed by atoms with Gasteiger partial charge in [-0.05, 0) is 47.0 Å². The Labute approximate surface area is 118 Å². The normalized spacial score (nSPS) is 22.2. The van der Waals surface area contributed by atoms with Crippen LogP contribution in [0.3, 0.4) is 0 Å². The number of nitrogens with two attached hydrogens (primary N) is 1. The maximum atomic E-state index is 13.4. The zero-order valence-corrected chi connectivity index (χ0v) is 11.7. The number of rotatable bonds is 3. The van der Waals surface area contributed by atoms with Crippen LogP contribution in [-0.2, 0) is 4.79 Å². The van der Waals surface area contributed by atoms with Crippen molar-refractivity contribution in [3.63, 3.8) is 0 Å². The predicted molar refractivity (Wildman–Crippen MR) is 71.9 cm³/mol. The Morgan fingerprint density at radius 3 is 2.74 bits per heavy atom. The highest BCUT2D eigenvalue weighted by Gasteiger charge is 2.32. The van der Waals surface area contributed by atoms with E-state index < -0.39 is 11.7 Å². The molecule has 0 heterocycles. The van der Waals surface area contributed by atoms with Crippen LogP contribution in [0.25, 0.3) is 0 Å². The maximum Gasteiger partial charge on any atom is 0.251 e. The molecule has 1 aliphatic rings. The van der Waals surface area contributed by atoms with Gasteiger partial charge in [0.05, 0.1) is 10.4 Å². The summed E-state index contributed by atoms with van der Waals surface area (Å²) >= 11 is 3.03. The van der Waals surface area contributed by atoms with Crippen molar-refractivity contribution >= 4 is 27.7 Å². The fourth-order valence-electron chi connectivity index (χ4n) is 2.36. The zero-order valence-electron chi connectivity index (χ0n) is 10.2. The fourth-order valence-corrected chi connectivity index (χ4v) is 2.61. The number of primary amides is 1. The first-order valence-electron chi connectivity index (χ1n) is 6.04. The van der Waals surface area contributed by atoms with Crippen molar-refractivity contribution in [1.29, 1.82) is 0 Å². The Morgan fingerprint density at radius 2 is 2.11 bits per heavy atom. The van der Waals surface area contributed by atoms with Gasteiger partial charge >= 0.3 is 0 Å². The SMILES string of the molecule is NC(=O)[C@H]1CCC[C@@H]1NC(=O)c1ccc(Br)c(F)c1. The lowest BCUT2D eigenvalue weighted by Gasteiger charge is -2.18. The Morgan fingerprint density at radius 1 is 1.37 bits per heavy atom. The Balaban J connectivity index is 2.08. The molecule has 3 N–H and O–H groups in total. The molecule has 1 aromatic rings. The molecule has 1 saturated carbocycles. The lowest BCUT2D eigenvalue weighted by molar-refractivity contribution is -0.122. The molecule has 0 unspecified atom stereocenters. The highest BCUT2D eigenvalue weighted by molar-refractivity contribution is 9.10. The summed E-state index contributed by atoms with van der Waals surface area (Å²) in [5.41, 5.74) is 5.52. The molecule has 0 aliphatic heterocycles. The first-order chi connectivity index (χ1) is 8.99. The van der Waals surface area contributed by atoms with E-state index in [2.05, 4.69) is 21.2 Å². The summed E-state index contributed by atoms with van der Waals surface area (Å²) in [5, 5.41) is 2.75. The van der Waals surface area contributed by atoms with Gasteiger partial charge in [-0.3, -0.25) is 9.59 Å². The Hall–Kier alpha value is -1.43. The largest absolute Gasteiger partial charge is 0.369 e. The van der Waals surface area contributed by atoms with Crippen molar-refractivity contribution in [3.8, 4) is 0 Å². The van der Waals surface area contributed by atoms with E-state index in [4.69, 9.17) is 5.73 Å². The molecular formula is C13H14BrFN2O2. The maximum absolute atomic E-state index is 13.4. The van der Waals surface area contributed by atoms with Crippen LogP contribution in [0, 0.1) is 11.7 Å². The van der Waals surface area contributed by atoms with Crippen molar-refractivity contribution < 1.29 is 14.0 Å². The average molecular weight is 329 g/mol. The molecule has 2 amide bonds. The van der Waals surface area contributed by atoms with Gasteiger partial charge in [0.2, 0.25) is 5.91 Å². The second-order valence-corrected chi connectivity index (χ2v) is 5.50. The van der Waals surface area contributed by atoms with Gasteiger partial charge in [0.1, 0.15) is 5.82 Å². The predicted octanol–water partition coefficient (Wildman–Crippen LogP) is 1.97. The average Bonchev–Trinajstić information content (AvgIpc) is 2.80. The van der Waals surface area contributed by atoms with Crippen LogP contribution in [0.15, 0.2) is 22.7 Å².